The molecule has 0 amide bonds. The molecule has 0 saturated carbocycles. The van der Waals surface area contributed by atoms with Gasteiger partial charge in [-0.1, -0.05) is 170 Å². The molecule has 9 aromatic rings. The van der Waals surface area contributed by atoms with Gasteiger partial charge < -0.3 is 9.80 Å². The highest BCUT2D eigenvalue weighted by molar-refractivity contribution is 6.23. The molecule has 0 heterocycles. The number of hydrogen-bond donors (Lipinski definition) is 0. The number of fused-ring (bicyclic) bond motifs is 4. The number of allylic oxidation sites excluding steroid dienone is 5. The Kier molecular flexibility index (Phi) is 9.17. The molecular weight excluding hydrogens is 725 g/mol. The number of rotatable bonds is 8. The maximum atomic E-state index is 2.64. The molecule has 60 heavy (non-hydrogen) atoms. The molecular formula is C58H44N2. The molecule has 0 radical (unpaired) electrons. The zero-order chi connectivity index (χ0) is 39.8. The summed E-state index contributed by atoms with van der Waals surface area (Å²) in [6.45, 7) is 0. The fourth-order valence-electron chi connectivity index (χ4n) is 9.37. The van der Waals surface area contributed by atoms with Gasteiger partial charge in [-0.05, 0) is 118 Å². The van der Waals surface area contributed by atoms with Gasteiger partial charge in [0.25, 0.3) is 0 Å². The Labute approximate surface area is 352 Å². The number of benzene rings is 9. The SMILES string of the molecule is C1=CCC(N(C2=CCCC=C2)c2c3ccc(-c4ccc5ccccc5c4)cc3c(N(c3ccccc3)c3ccccc3)c3ccc(-c4ccc5ccccc5c4)cc23)C=C1. The van der Waals surface area contributed by atoms with Crippen molar-refractivity contribution in [2.24, 2.45) is 0 Å². The summed E-state index contributed by atoms with van der Waals surface area (Å²) in [5, 5.41) is 9.83. The van der Waals surface area contributed by atoms with Crippen molar-refractivity contribution in [3.05, 3.63) is 230 Å². The lowest BCUT2D eigenvalue weighted by atomic mass is 9.89. The highest BCUT2D eigenvalue weighted by atomic mass is 15.2. The molecule has 1 unspecified atom stereocenters. The van der Waals surface area contributed by atoms with E-state index in [1.165, 1.54) is 82.4 Å². The molecule has 0 bridgehead atoms. The van der Waals surface area contributed by atoms with Crippen LogP contribution in [-0.2, 0) is 0 Å². The Balaban J connectivity index is 1.28. The predicted molar refractivity (Wildman–Crippen MR) is 258 cm³/mol. The highest BCUT2D eigenvalue weighted by Gasteiger charge is 2.29. The summed E-state index contributed by atoms with van der Waals surface area (Å²) < 4.78 is 0. The van der Waals surface area contributed by atoms with Crippen LogP contribution in [0.5, 0.6) is 0 Å². The van der Waals surface area contributed by atoms with E-state index in [0.717, 1.165) is 30.6 Å². The molecule has 0 N–H and O–H groups in total. The van der Waals surface area contributed by atoms with E-state index in [1.54, 1.807) is 0 Å². The molecule has 9 aromatic carbocycles. The maximum Gasteiger partial charge on any atom is 0.0620 e. The van der Waals surface area contributed by atoms with Crippen molar-refractivity contribution in [3.8, 4) is 22.3 Å². The first-order valence-electron chi connectivity index (χ1n) is 21.2. The molecule has 2 aliphatic carbocycles. The quantitative estimate of drug-likeness (QED) is 0.112. The second-order valence-electron chi connectivity index (χ2n) is 15.9. The zero-order valence-corrected chi connectivity index (χ0v) is 33.5. The lowest BCUT2D eigenvalue weighted by molar-refractivity contribution is 0.759. The van der Waals surface area contributed by atoms with Gasteiger partial charge in [-0.15, -0.1) is 0 Å². The average Bonchev–Trinajstić information content (AvgIpc) is 3.33. The molecule has 286 valence electrons. The number of para-hydroxylation sites is 2. The topological polar surface area (TPSA) is 6.48 Å². The molecule has 2 heteroatoms. The van der Waals surface area contributed by atoms with E-state index in [9.17, 15) is 0 Å². The number of hydrogen-bond acceptors (Lipinski definition) is 2. The van der Waals surface area contributed by atoms with Gasteiger partial charge in [0.05, 0.1) is 17.4 Å². The minimum Gasteiger partial charge on any atom is -0.333 e. The molecule has 0 saturated heterocycles. The van der Waals surface area contributed by atoms with Crippen LogP contribution in [0.1, 0.15) is 19.3 Å². The van der Waals surface area contributed by atoms with Crippen LogP contribution in [0.3, 0.4) is 0 Å². The molecule has 1 atom stereocenters. The van der Waals surface area contributed by atoms with Crippen LogP contribution in [-0.4, -0.2) is 6.04 Å². The molecule has 0 fully saturated rings. The number of nitrogens with zero attached hydrogens (tertiary/aromatic N) is 2. The Hall–Kier alpha value is -7.42. The Bertz CT molecular complexity index is 3150. The molecule has 0 aromatic heterocycles. The average molecular weight is 769 g/mol. The number of anilines is 4. The standard InChI is InChI=1S/C58H44N2/c1-5-21-49(22-6-1)59(50-23-7-2-8-24-50)57-53-35-33-48(46-32-30-42-18-14-16-20-44(42)38-46)40-56(53)58(60(51-25-9-3-10-26-51)52-27-11-4-12-28-52)54-36-34-47(39-55(54)57)45-31-29-41-17-13-15-19-43(41)37-45/h1-3,5-11,13-25,27-40,51H,4,12,26H2. The monoisotopic (exact) mass is 768 g/mol. The van der Waals surface area contributed by atoms with Gasteiger partial charge in [0.15, 0.2) is 0 Å². The van der Waals surface area contributed by atoms with Crippen molar-refractivity contribution in [1.29, 1.82) is 0 Å². The first-order valence-corrected chi connectivity index (χ1v) is 21.2. The van der Waals surface area contributed by atoms with E-state index in [4.69, 9.17) is 0 Å². The van der Waals surface area contributed by atoms with E-state index >= 15 is 0 Å². The second kappa shape index (κ2) is 15.4. The summed E-state index contributed by atoms with van der Waals surface area (Å²) in [6, 6.07) is 67.3. The Morgan fingerprint density at radius 1 is 0.400 bits per heavy atom. The van der Waals surface area contributed by atoms with E-state index in [-0.39, 0.29) is 6.04 Å². The normalized spacial score (nSPS) is 14.9. The van der Waals surface area contributed by atoms with Gasteiger partial charge >= 0.3 is 0 Å². The van der Waals surface area contributed by atoms with Crippen molar-refractivity contribution < 1.29 is 0 Å². The van der Waals surface area contributed by atoms with Crippen molar-refractivity contribution in [2.75, 3.05) is 9.80 Å². The zero-order valence-electron chi connectivity index (χ0n) is 33.5. The molecule has 11 rings (SSSR count). The van der Waals surface area contributed by atoms with Crippen LogP contribution >= 0.6 is 0 Å². The summed E-state index contributed by atoms with van der Waals surface area (Å²) in [7, 11) is 0. The molecule has 2 aliphatic rings. The van der Waals surface area contributed by atoms with Gasteiger partial charge in [-0.3, -0.25) is 0 Å². The summed E-state index contributed by atoms with van der Waals surface area (Å²) in [5.74, 6) is 0. The largest absolute Gasteiger partial charge is 0.333 e. The third-order valence-corrected chi connectivity index (χ3v) is 12.3. The van der Waals surface area contributed by atoms with Gasteiger partial charge in [0.2, 0.25) is 0 Å². The van der Waals surface area contributed by atoms with Crippen LogP contribution < -0.4 is 9.80 Å². The summed E-state index contributed by atoms with van der Waals surface area (Å²) in [5.41, 5.74) is 10.7. The molecule has 0 aliphatic heterocycles. The van der Waals surface area contributed by atoms with Gasteiger partial charge in [-0.25, -0.2) is 0 Å². The molecule has 2 nitrogen and oxygen atoms in total. The highest BCUT2D eigenvalue weighted by Crippen LogP contribution is 2.51. The van der Waals surface area contributed by atoms with E-state index in [2.05, 4.69) is 234 Å². The molecule has 0 spiro atoms. The Morgan fingerprint density at radius 3 is 1.47 bits per heavy atom. The van der Waals surface area contributed by atoms with E-state index in [1.807, 2.05) is 0 Å². The van der Waals surface area contributed by atoms with Gasteiger partial charge in [-0.2, -0.15) is 0 Å². The van der Waals surface area contributed by atoms with Crippen molar-refractivity contribution >= 4 is 65.8 Å². The minimum absolute atomic E-state index is 0.144. The first kappa shape index (κ1) is 35.7. The fraction of sp³-hybridized carbons (Fsp3) is 0.0690. The van der Waals surface area contributed by atoms with Crippen LogP contribution in [0.2, 0.25) is 0 Å². The third kappa shape index (κ3) is 6.47. The van der Waals surface area contributed by atoms with Crippen LogP contribution in [0.25, 0.3) is 65.3 Å². The van der Waals surface area contributed by atoms with Crippen molar-refractivity contribution in [1.82, 2.24) is 0 Å². The first-order chi connectivity index (χ1) is 29.8. The van der Waals surface area contributed by atoms with E-state index in [0.29, 0.717) is 0 Å². The van der Waals surface area contributed by atoms with Crippen molar-refractivity contribution in [3.63, 3.8) is 0 Å². The van der Waals surface area contributed by atoms with Gasteiger partial charge in [0, 0.05) is 38.6 Å². The van der Waals surface area contributed by atoms with E-state index < -0.39 is 0 Å². The van der Waals surface area contributed by atoms with Crippen molar-refractivity contribution in [2.45, 2.75) is 25.3 Å². The van der Waals surface area contributed by atoms with Gasteiger partial charge in [0.1, 0.15) is 0 Å². The summed E-state index contributed by atoms with van der Waals surface area (Å²) in [4.78, 5) is 5.11. The van der Waals surface area contributed by atoms with Crippen LogP contribution in [0.4, 0.5) is 22.7 Å². The Morgan fingerprint density at radius 2 is 0.917 bits per heavy atom. The lowest BCUT2D eigenvalue weighted by Crippen LogP contribution is -2.34. The van der Waals surface area contributed by atoms with Crippen LogP contribution in [0, 0.1) is 0 Å². The lowest BCUT2D eigenvalue weighted by Gasteiger charge is -2.37. The third-order valence-electron chi connectivity index (χ3n) is 12.3. The second-order valence-corrected chi connectivity index (χ2v) is 15.9. The van der Waals surface area contributed by atoms with Crippen LogP contribution in [0.15, 0.2) is 230 Å². The summed E-state index contributed by atoms with van der Waals surface area (Å²) in [6.07, 6.45) is 19.2. The predicted octanol–water partition coefficient (Wildman–Crippen LogP) is 16.0. The smallest absolute Gasteiger partial charge is 0.0620 e. The maximum absolute atomic E-state index is 2.64. The minimum atomic E-state index is 0.144. The fourth-order valence-corrected chi connectivity index (χ4v) is 9.37. The summed E-state index contributed by atoms with van der Waals surface area (Å²) >= 11 is 0.